The largest absolute Gasteiger partial charge is 0.497 e. The zero-order valence-corrected chi connectivity index (χ0v) is 17.0. The number of ether oxygens (including phenoxy) is 3. The highest BCUT2D eigenvalue weighted by molar-refractivity contribution is 5.80. The first-order chi connectivity index (χ1) is 13.1. The van der Waals surface area contributed by atoms with Crippen molar-refractivity contribution < 1.29 is 14.2 Å². The van der Waals surface area contributed by atoms with Gasteiger partial charge in [0.15, 0.2) is 5.96 Å². The average molecular weight is 376 g/mol. The maximum absolute atomic E-state index is 5.88. The van der Waals surface area contributed by atoms with E-state index in [0.29, 0.717) is 24.7 Å². The number of benzene rings is 1. The van der Waals surface area contributed by atoms with Gasteiger partial charge in [-0.2, -0.15) is 0 Å². The SMILES string of the molecule is CCNC(=NCCCOc1cccc(OC)c1)NC1C2CCOC2C1(C)C. The van der Waals surface area contributed by atoms with Crippen LogP contribution in [-0.2, 0) is 4.74 Å². The summed E-state index contributed by atoms with van der Waals surface area (Å²) in [7, 11) is 1.66. The fourth-order valence-corrected chi connectivity index (χ4v) is 4.22. The fraction of sp³-hybridized carbons (Fsp3) is 0.667. The van der Waals surface area contributed by atoms with Crippen LogP contribution in [0.4, 0.5) is 0 Å². The van der Waals surface area contributed by atoms with Gasteiger partial charge in [0.2, 0.25) is 0 Å². The van der Waals surface area contributed by atoms with Crippen LogP contribution in [0.25, 0.3) is 0 Å². The molecule has 0 radical (unpaired) electrons. The van der Waals surface area contributed by atoms with Gasteiger partial charge in [0.1, 0.15) is 11.5 Å². The lowest BCUT2D eigenvalue weighted by Gasteiger charge is -2.54. The fourth-order valence-electron chi connectivity index (χ4n) is 4.22. The molecule has 2 aliphatic rings. The van der Waals surface area contributed by atoms with Crippen molar-refractivity contribution in [3.63, 3.8) is 0 Å². The minimum absolute atomic E-state index is 0.146. The van der Waals surface area contributed by atoms with E-state index in [-0.39, 0.29) is 5.41 Å². The molecule has 1 aromatic rings. The molecule has 1 saturated carbocycles. The highest BCUT2D eigenvalue weighted by atomic mass is 16.5. The van der Waals surface area contributed by atoms with E-state index < -0.39 is 0 Å². The van der Waals surface area contributed by atoms with Crippen molar-refractivity contribution in [2.75, 3.05) is 33.4 Å². The molecule has 3 atom stereocenters. The number of nitrogens with one attached hydrogen (secondary N) is 2. The monoisotopic (exact) mass is 375 g/mol. The Kier molecular flexibility index (Phi) is 6.47. The lowest BCUT2D eigenvalue weighted by molar-refractivity contribution is -0.106. The zero-order chi connectivity index (χ0) is 19.3. The van der Waals surface area contributed by atoms with Gasteiger partial charge in [0.05, 0.1) is 19.8 Å². The number of rotatable bonds is 8. The van der Waals surface area contributed by atoms with Crippen molar-refractivity contribution in [2.45, 2.75) is 45.8 Å². The van der Waals surface area contributed by atoms with Crippen LogP contribution < -0.4 is 20.1 Å². The number of nitrogens with zero attached hydrogens (tertiary/aromatic N) is 1. The first-order valence-electron chi connectivity index (χ1n) is 9.99. The maximum atomic E-state index is 5.88. The summed E-state index contributed by atoms with van der Waals surface area (Å²) in [5.74, 6) is 3.12. The molecule has 0 amide bonds. The zero-order valence-electron chi connectivity index (χ0n) is 17.0. The van der Waals surface area contributed by atoms with Gasteiger partial charge in [-0.25, -0.2) is 0 Å². The smallest absolute Gasteiger partial charge is 0.191 e. The second-order valence-corrected chi connectivity index (χ2v) is 7.83. The summed E-state index contributed by atoms with van der Waals surface area (Å²) in [5.41, 5.74) is 0.146. The summed E-state index contributed by atoms with van der Waals surface area (Å²) in [6.45, 7) is 9.73. The summed E-state index contributed by atoms with van der Waals surface area (Å²) in [4.78, 5) is 4.73. The molecule has 1 aliphatic heterocycles. The minimum atomic E-state index is 0.146. The average Bonchev–Trinajstić information content (AvgIpc) is 3.13. The highest BCUT2D eigenvalue weighted by Gasteiger charge is 2.59. The number of methoxy groups -OCH3 is 1. The molecule has 1 aliphatic carbocycles. The molecular formula is C21H33N3O3. The van der Waals surface area contributed by atoms with E-state index >= 15 is 0 Å². The molecule has 150 valence electrons. The number of hydrogen-bond acceptors (Lipinski definition) is 4. The quantitative estimate of drug-likeness (QED) is 0.416. The molecule has 0 spiro atoms. The Morgan fingerprint density at radius 1 is 1.33 bits per heavy atom. The Balaban J connectivity index is 1.46. The first kappa shape index (κ1) is 19.8. The van der Waals surface area contributed by atoms with Crippen LogP contribution in [0.3, 0.4) is 0 Å². The van der Waals surface area contributed by atoms with Gasteiger partial charge in [0.25, 0.3) is 0 Å². The minimum Gasteiger partial charge on any atom is -0.497 e. The van der Waals surface area contributed by atoms with E-state index in [1.165, 1.54) is 0 Å². The molecule has 1 aromatic carbocycles. The molecule has 6 nitrogen and oxygen atoms in total. The predicted octanol–water partition coefficient (Wildman–Crippen LogP) is 2.83. The molecule has 3 unspecified atom stereocenters. The predicted molar refractivity (Wildman–Crippen MR) is 108 cm³/mol. The van der Waals surface area contributed by atoms with Gasteiger partial charge in [-0.05, 0) is 25.5 Å². The van der Waals surface area contributed by atoms with Crippen molar-refractivity contribution in [1.82, 2.24) is 10.6 Å². The summed E-state index contributed by atoms with van der Waals surface area (Å²) in [6, 6.07) is 8.09. The molecule has 3 rings (SSSR count). The third kappa shape index (κ3) is 4.49. The van der Waals surface area contributed by atoms with Crippen LogP contribution in [0.1, 0.15) is 33.6 Å². The highest BCUT2D eigenvalue weighted by Crippen LogP contribution is 2.52. The van der Waals surface area contributed by atoms with Crippen molar-refractivity contribution in [1.29, 1.82) is 0 Å². The molecule has 6 heteroatoms. The van der Waals surface area contributed by atoms with Gasteiger partial charge in [-0.3, -0.25) is 4.99 Å². The summed E-state index contributed by atoms with van der Waals surface area (Å²) < 4.78 is 16.9. The van der Waals surface area contributed by atoms with E-state index in [1.54, 1.807) is 7.11 Å². The van der Waals surface area contributed by atoms with Gasteiger partial charge in [0, 0.05) is 49.6 Å². The Morgan fingerprint density at radius 3 is 2.93 bits per heavy atom. The van der Waals surface area contributed by atoms with E-state index in [0.717, 1.165) is 50.0 Å². The first-order valence-corrected chi connectivity index (χ1v) is 9.99. The van der Waals surface area contributed by atoms with Crippen molar-refractivity contribution in [2.24, 2.45) is 16.3 Å². The molecule has 2 N–H and O–H groups in total. The van der Waals surface area contributed by atoms with E-state index in [1.807, 2.05) is 24.3 Å². The standard InChI is InChI=1S/C21H33N3O3/c1-5-22-20(24-18-17-10-13-27-19(17)21(18,2)3)23-11-7-12-26-16-9-6-8-15(14-16)25-4/h6,8-9,14,17-19H,5,7,10-13H2,1-4H3,(H2,22,23,24). The van der Waals surface area contributed by atoms with Gasteiger partial charge in [-0.15, -0.1) is 0 Å². The van der Waals surface area contributed by atoms with E-state index in [4.69, 9.17) is 19.2 Å². The Hall–Kier alpha value is -1.95. The topological polar surface area (TPSA) is 64.1 Å². The van der Waals surface area contributed by atoms with Crippen molar-refractivity contribution >= 4 is 5.96 Å². The summed E-state index contributed by atoms with van der Waals surface area (Å²) in [6.07, 6.45) is 2.38. The van der Waals surface area contributed by atoms with Crippen LogP contribution in [0.5, 0.6) is 11.5 Å². The van der Waals surface area contributed by atoms with Gasteiger partial charge >= 0.3 is 0 Å². The van der Waals surface area contributed by atoms with Crippen LogP contribution >= 0.6 is 0 Å². The van der Waals surface area contributed by atoms with Gasteiger partial charge < -0.3 is 24.8 Å². The second-order valence-electron chi connectivity index (χ2n) is 7.83. The molecule has 1 heterocycles. The number of aliphatic imine (C=N–C) groups is 1. The molecule has 1 saturated heterocycles. The third-order valence-corrected chi connectivity index (χ3v) is 5.62. The Labute approximate surface area is 162 Å². The molecule has 2 fully saturated rings. The lowest BCUT2D eigenvalue weighted by Crippen LogP contribution is -2.67. The van der Waals surface area contributed by atoms with Crippen LogP contribution in [0, 0.1) is 11.3 Å². The molecular weight excluding hydrogens is 342 g/mol. The second kappa shape index (κ2) is 8.83. The lowest BCUT2D eigenvalue weighted by atomic mass is 9.57. The molecule has 0 bridgehead atoms. The third-order valence-electron chi connectivity index (χ3n) is 5.62. The van der Waals surface area contributed by atoms with Gasteiger partial charge in [-0.1, -0.05) is 19.9 Å². The van der Waals surface area contributed by atoms with Crippen LogP contribution in [0.15, 0.2) is 29.3 Å². The maximum Gasteiger partial charge on any atom is 0.191 e. The van der Waals surface area contributed by atoms with E-state index in [9.17, 15) is 0 Å². The summed E-state index contributed by atoms with van der Waals surface area (Å²) in [5, 5.41) is 7.01. The van der Waals surface area contributed by atoms with E-state index in [2.05, 4.69) is 31.4 Å². The normalized spacial score (nSPS) is 26.1. The molecule has 0 aromatic heterocycles. The van der Waals surface area contributed by atoms with Crippen molar-refractivity contribution in [3.05, 3.63) is 24.3 Å². The summed E-state index contributed by atoms with van der Waals surface area (Å²) >= 11 is 0. The van der Waals surface area contributed by atoms with Crippen molar-refractivity contribution in [3.8, 4) is 11.5 Å². The number of fused-ring (bicyclic) bond motifs is 1. The molecule has 27 heavy (non-hydrogen) atoms. The Bertz CT molecular complexity index is 647. The number of guanidine groups is 1. The Morgan fingerprint density at radius 2 is 2.15 bits per heavy atom. The van der Waals surface area contributed by atoms with Crippen LogP contribution in [-0.4, -0.2) is 51.5 Å². The van der Waals surface area contributed by atoms with Crippen LogP contribution in [0.2, 0.25) is 0 Å². The number of hydrogen-bond donors (Lipinski definition) is 2.